The van der Waals surface area contributed by atoms with Gasteiger partial charge in [0.15, 0.2) is 11.6 Å². The molecule has 1 unspecified atom stereocenters. The van der Waals surface area contributed by atoms with E-state index < -0.39 is 0 Å². The summed E-state index contributed by atoms with van der Waals surface area (Å²) in [6.07, 6.45) is 0.744. The summed E-state index contributed by atoms with van der Waals surface area (Å²) in [4.78, 5) is 0. The molecule has 0 aromatic heterocycles. The second-order valence-corrected chi connectivity index (χ2v) is 5.34. The molecule has 0 saturated heterocycles. The van der Waals surface area contributed by atoms with Gasteiger partial charge in [-0.1, -0.05) is 35.9 Å². The van der Waals surface area contributed by atoms with Crippen LogP contribution in [0.25, 0.3) is 0 Å². The molecule has 0 aliphatic heterocycles. The molecule has 2 rings (SSSR count). The van der Waals surface area contributed by atoms with Gasteiger partial charge in [-0.25, -0.2) is 4.39 Å². The SMILES string of the molecule is CNC(Cc1cc(C)ccc1C)c1cccc(OC)c1F. The monoisotopic (exact) mass is 287 g/mol. The van der Waals surface area contributed by atoms with Gasteiger partial charge in [0.25, 0.3) is 0 Å². The summed E-state index contributed by atoms with van der Waals surface area (Å²) in [5.74, 6) is -0.00151. The van der Waals surface area contributed by atoms with E-state index >= 15 is 0 Å². The van der Waals surface area contributed by atoms with Gasteiger partial charge in [-0.2, -0.15) is 0 Å². The Morgan fingerprint density at radius 2 is 1.95 bits per heavy atom. The third kappa shape index (κ3) is 3.42. The summed E-state index contributed by atoms with van der Waals surface area (Å²) in [6, 6.07) is 11.6. The first-order chi connectivity index (χ1) is 10.1. The smallest absolute Gasteiger partial charge is 0.169 e. The number of likely N-dealkylation sites (N-methyl/N-ethyl adjacent to an activating group) is 1. The van der Waals surface area contributed by atoms with Gasteiger partial charge in [-0.15, -0.1) is 0 Å². The van der Waals surface area contributed by atoms with Crippen LogP contribution in [0.3, 0.4) is 0 Å². The molecule has 2 nitrogen and oxygen atoms in total. The maximum Gasteiger partial charge on any atom is 0.169 e. The minimum absolute atomic E-state index is 0.0828. The van der Waals surface area contributed by atoms with Crippen LogP contribution in [-0.2, 0) is 6.42 Å². The van der Waals surface area contributed by atoms with Crippen LogP contribution in [-0.4, -0.2) is 14.2 Å². The van der Waals surface area contributed by atoms with Crippen LogP contribution in [0.1, 0.15) is 28.3 Å². The lowest BCUT2D eigenvalue weighted by Crippen LogP contribution is -2.20. The molecule has 0 fully saturated rings. The highest BCUT2D eigenvalue weighted by atomic mass is 19.1. The summed E-state index contributed by atoms with van der Waals surface area (Å²) in [5.41, 5.74) is 4.31. The zero-order valence-corrected chi connectivity index (χ0v) is 13.0. The molecule has 0 spiro atoms. The Kier molecular flexibility index (Phi) is 4.97. The zero-order chi connectivity index (χ0) is 15.4. The quantitative estimate of drug-likeness (QED) is 0.899. The van der Waals surface area contributed by atoms with Gasteiger partial charge in [-0.3, -0.25) is 0 Å². The van der Waals surface area contributed by atoms with Gasteiger partial charge < -0.3 is 10.1 Å². The first-order valence-corrected chi connectivity index (χ1v) is 7.12. The predicted octanol–water partition coefficient (Wildman–Crippen LogP) is 3.95. The first-order valence-electron chi connectivity index (χ1n) is 7.12. The molecular weight excluding hydrogens is 265 g/mol. The van der Waals surface area contributed by atoms with E-state index in [0.29, 0.717) is 5.56 Å². The molecule has 3 heteroatoms. The predicted molar refractivity (Wildman–Crippen MR) is 84.4 cm³/mol. The lowest BCUT2D eigenvalue weighted by atomic mass is 9.94. The van der Waals surface area contributed by atoms with Crippen LogP contribution in [0, 0.1) is 19.7 Å². The molecule has 21 heavy (non-hydrogen) atoms. The topological polar surface area (TPSA) is 21.3 Å². The molecule has 0 amide bonds. The van der Waals surface area contributed by atoms with Crippen molar-refractivity contribution in [3.63, 3.8) is 0 Å². The van der Waals surface area contributed by atoms with Crippen molar-refractivity contribution in [1.29, 1.82) is 0 Å². The molecule has 1 atom stereocenters. The highest BCUT2D eigenvalue weighted by molar-refractivity contribution is 5.36. The summed E-state index contributed by atoms with van der Waals surface area (Å²) in [5, 5.41) is 3.21. The zero-order valence-electron chi connectivity index (χ0n) is 13.0. The fourth-order valence-electron chi connectivity index (χ4n) is 2.56. The van der Waals surface area contributed by atoms with Crippen LogP contribution in [0.15, 0.2) is 36.4 Å². The highest BCUT2D eigenvalue weighted by Crippen LogP contribution is 2.28. The lowest BCUT2D eigenvalue weighted by Gasteiger charge is -2.20. The second-order valence-electron chi connectivity index (χ2n) is 5.34. The number of nitrogens with one attached hydrogen (secondary N) is 1. The van der Waals surface area contributed by atoms with E-state index in [1.54, 1.807) is 6.07 Å². The Morgan fingerprint density at radius 1 is 1.19 bits per heavy atom. The second kappa shape index (κ2) is 6.72. The third-order valence-corrected chi connectivity index (χ3v) is 3.87. The Morgan fingerprint density at radius 3 is 2.62 bits per heavy atom. The Bertz CT molecular complexity index is 625. The third-order valence-electron chi connectivity index (χ3n) is 3.87. The van der Waals surface area contributed by atoms with E-state index in [9.17, 15) is 4.39 Å². The van der Waals surface area contributed by atoms with Gasteiger partial charge in [0.05, 0.1) is 7.11 Å². The maximum absolute atomic E-state index is 14.4. The normalized spacial score (nSPS) is 12.2. The molecule has 0 aliphatic rings. The molecule has 0 heterocycles. The van der Waals surface area contributed by atoms with E-state index in [2.05, 4.69) is 37.4 Å². The number of halogens is 1. The summed E-state index contributed by atoms with van der Waals surface area (Å²) in [7, 11) is 3.34. The van der Waals surface area contributed by atoms with Crippen molar-refractivity contribution in [2.24, 2.45) is 0 Å². The fourth-order valence-corrected chi connectivity index (χ4v) is 2.56. The summed E-state index contributed by atoms with van der Waals surface area (Å²) >= 11 is 0. The number of benzene rings is 2. The van der Waals surface area contributed by atoms with E-state index in [4.69, 9.17) is 4.74 Å². The highest BCUT2D eigenvalue weighted by Gasteiger charge is 2.18. The molecule has 112 valence electrons. The minimum Gasteiger partial charge on any atom is -0.494 e. The molecule has 1 N–H and O–H groups in total. The Balaban J connectivity index is 2.34. The summed E-state index contributed by atoms with van der Waals surface area (Å²) in [6.45, 7) is 4.16. The van der Waals surface area contributed by atoms with Crippen molar-refractivity contribution in [2.45, 2.75) is 26.3 Å². The van der Waals surface area contributed by atoms with Gasteiger partial charge in [0.1, 0.15) is 0 Å². The van der Waals surface area contributed by atoms with Crippen molar-refractivity contribution in [3.8, 4) is 5.75 Å². The van der Waals surface area contributed by atoms with E-state index in [0.717, 1.165) is 6.42 Å². The number of hydrogen-bond acceptors (Lipinski definition) is 2. The number of ether oxygens (including phenoxy) is 1. The molecular formula is C18H22FNO. The molecule has 0 saturated carbocycles. The molecule has 0 radical (unpaired) electrons. The van der Waals surface area contributed by atoms with Gasteiger partial charge in [-0.05, 0) is 44.5 Å². The van der Waals surface area contributed by atoms with E-state index in [-0.39, 0.29) is 17.6 Å². The van der Waals surface area contributed by atoms with Crippen molar-refractivity contribution in [1.82, 2.24) is 5.32 Å². The van der Waals surface area contributed by atoms with E-state index in [1.165, 1.54) is 23.8 Å². The largest absolute Gasteiger partial charge is 0.494 e. The van der Waals surface area contributed by atoms with Crippen molar-refractivity contribution in [3.05, 3.63) is 64.5 Å². The first kappa shape index (κ1) is 15.5. The van der Waals surface area contributed by atoms with Crippen molar-refractivity contribution >= 4 is 0 Å². The molecule has 0 bridgehead atoms. The fraction of sp³-hybridized carbons (Fsp3) is 0.333. The van der Waals surface area contributed by atoms with Crippen molar-refractivity contribution in [2.75, 3.05) is 14.2 Å². The average Bonchev–Trinajstić information content (AvgIpc) is 2.49. The Hall–Kier alpha value is -1.87. The summed E-state index contributed by atoms with van der Waals surface area (Å²) < 4.78 is 19.5. The van der Waals surface area contributed by atoms with Crippen LogP contribution >= 0.6 is 0 Å². The lowest BCUT2D eigenvalue weighted by molar-refractivity contribution is 0.380. The number of rotatable bonds is 5. The van der Waals surface area contributed by atoms with E-state index in [1.807, 2.05) is 19.2 Å². The molecule has 2 aromatic rings. The average molecular weight is 287 g/mol. The van der Waals surface area contributed by atoms with Gasteiger partial charge in [0.2, 0.25) is 0 Å². The minimum atomic E-state index is -0.287. The Labute approximate surface area is 126 Å². The van der Waals surface area contributed by atoms with Crippen LogP contribution in [0.2, 0.25) is 0 Å². The molecule has 2 aromatic carbocycles. The van der Waals surface area contributed by atoms with Crippen molar-refractivity contribution < 1.29 is 9.13 Å². The standard InChI is InChI=1S/C18H22FNO/c1-12-8-9-13(2)14(10-12)11-16(20-3)15-6-5-7-17(21-4)18(15)19/h5-10,16,20H,11H2,1-4H3. The number of methoxy groups -OCH3 is 1. The van der Waals surface area contributed by atoms with Crippen LogP contribution < -0.4 is 10.1 Å². The van der Waals surface area contributed by atoms with Crippen LogP contribution in [0.5, 0.6) is 5.75 Å². The number of hydrogen-bond donors (Lipinski definition) is 1. The van der Waals surface area contributed by atoms with Gasteiger partial charge >= 0.3 is 0 Å². The molecule has 0 aliphatic carbocycles. The number of aryl methyl sites for hydroxylation is 2. The van der Waals surface area contributed by atoms with Gasteiger partial charge in [0, 0.05) is 11.6 Å². The maximum atomic E-state index is 14.4. The van der Waals surface area contributed by atoms with Crippen LogP contribution in [0.4, 0.5) is 4.39 Å².